The molecule has 23 heavy (non-hydrogen) atoms. The van der Waals surface area contributed by atoms with Crippen LogP contribution in [0.2, 0.25) is 0 Å². The Morgan fingerprint density at radius 3 is 2.17 bits per heavy atom. The van der Waals surface area contributed by atoms with E-state index in [9.17, 15) is 14.7 Å². The fraction of sp³-hybridized carbons (Fsp3) is 0.556. The van der Waals surface area contributed by atoms with Crippen LogP contribution in [-0.2, 0) is 11.3 Å². The van der Waals surface area contributed by atoms with Gasteiger partial charge in [0.25, 0.3) is 0 Å². The Bertz CT molecular complexity index is 521. The Morgan fingerprint density at radius 1 is 1.17 bits per heavy atom. The molecule has 1 rings (SSSR count). The van der Waals surface area contributed by atoms with E-state index in [-0.39, 0.29) is 11.8 Å². The molecular weight excluding hydrogens is 292 g/mol. The van der Waals surface area contributed by atoms with Gasteiger partial charge in [-0.15, -0.1) is 0 Å². The number of carboxylic acid groups (broad SMARTS) is 1. The average Bonchev–Trinajstić information content (AvgIpc) is 2.42. The van der Waals surface area contributed by atoms with Crippen LogP contribution >= 0.6 is 0 Å². The van der Waals surface area contributed by atoms with Crippen molar-refractivity contribution < 1.29 is 14.7 Å². The van der Waals surface area contributed by atoms with Gasteiger partial charge in [-0.2, -0.15) is 0 Å². The second-order valence-electron chi connectivity index (χ2n) is 7.17. The average molecular weight is 320 g/mol. The van der Waals surface area contributed by atoms with Crippen molar-refractivity contribution in [3.63, 3.8) is 0 Å². The number of amides is 2. The third-order valence-corrected chi connectivity index (χ3v) is 3.55. The van der Waals surface area contributed by atoms with Crippen LogP contribution in [0.5, 0.6) is 0 Å². The highest BCUT2D eigenvalue weighted by Gasteiger charge is 2.37. The summed E-state index contributed by atoms with van der Waals surface area (Å²) >= 11 is 0. The van der Waals surface area contributed by atoms with Crippen molar-refractivity contribution in [2.45, 2.75) is 59.2 Å². The predicted molar refractivity (Wildman–Crippen MR) is 91.1 cm³/mol. The molecule has 128 valence electrons. The van der Waals surface area contributed by atoms with Gasteiger partial charge in [0.15, 0.2) is 0 Å². The molecule has 0 spiro atoms. The summed E-state index contributed by atoms with van der Waals surface area (Å²) in [5.74, 6) is -0.0356. The zero-order valence-electron chi connectivity index (χ0n) is 14.7. The molecule has 2 N–H and O–H groups in total. The highest BCUT2D eigenvalue weighted by Crippen LogP contribution is 2.22. The lowest BCUT2D eigenvalue weighted by Gasteiger charge is -2.39. The maximum absolute atomic E-state index is 12.6. The summed E-state index contributed by atoms with van der Waals surface area (Å²) in [7, 11) is 0. The van der Waals surface area contributed by atoms with E-state index < -0.39 is 17.7 Å². The molecule has 1 aromatic carbocycles. The third-order valence-electron chi connectivity index (χ3n) is 3.55. The van der Waals surface area contributed by atoms with Crippen molar-refractivity contribution in [2.24, 2.45) is 5.92 Å². The Balaban J connectivity index is 2.91. The van der Waals surface area contributed by atoms with Crippen molar-refractivity contribution in [1.82, 2.24) is 10.2 Å². The standard InChI is InChI=1S/C18H28N2O3/c1-13(2)11-15(20(17(22)23)18(3,4)5)16(21)19-12-14-9-7-6-8-10-14/h6-10,13,15H,11-12H2,1-5H3,(H,19,21)(H,22,23)/t15-/m0/s1. The molecule has 0 aromatic heterocycles. The molecule has 0 saturated heterocycles. The maximum atomic E-state index is 12.6. The first-order valence-electron chi connectivity index (χ1n) is 7.96. The van der Waals surface area contributed by atoms with E-state index in [1.54, 1.807) is 20.8 Å². The van der Waals surface area contributed by atoms with E-state index in [1.165, 1.54) is 4.90 Å². The predicted octanol–water partition coefficient (Wildman–Crippen LogP) is 3.50. The summed E-state index contributed by atoms with van der Waals surface area (Å²) in [5, 5.41) is 12.4. The van der Waals surface area contributed by atoms with E-state index in [4.69, 9.17) is 0 Å². The summed E-state index contributed by atoms with van der Waals surface area (Å²) in [5.41, 5.74) is 0.344. The second kappa shape index (κ2) is 7.99. The highest BCUT2D eigenvalue weighted by molar-refractivity contribution is 5.85. The van der Waals surface area contributed by atoms with Crippen LogP contribution in [0.3, 0.4) is 0 Å². The molecule has 0 aliphatic carbocycles. The summed E-state index contributed by atoms with van der Waals surface area (Å²) < 4.78 is 0. The molecule has 5 heteroatoms. The van der Waals surface area contributed by atoms with Crippen molar-refractivity contribution in [3.8, 4) is 0 Å². The Morgan fingerprint density at radius 2 is 1.74 bits per heavy atom. The molecule has 1 atom stereocenters. The van der Waals surface area contributed by atoms with Gasteiger partial charge in [-0.05, 0) is 38.7 Å². The minimum Gasteiger partial charge on any atom is -0.465 e. The van der Waals surface area contributed by atoms with Gasteiger partial charge in [-0.1, -0.05) is 44.2 Å². The van der Waals surface area contributed by atoms with Crippen LogP contribution in [-0.4, -0.2) is 33.6 Å². The summed E-state index contributed by atoms with van der Waals surface area (Å²) in [6, 6.07) is 8.89. The van der Waals surface area contributed by atoms with Crippen molar-refractivity contribution in [3.05, 3.63) is 35.9 Å². The summed E-state index contributed by atoms with van der Waals surface area (Å²) in [4.78, 5) is 25.6. The van der Waals surface area contributed by atoms with Gasteiger partial charge in [-0.3, -0.25) is 9.69 Å². The van der Waals surface area contributed by atoms with Gasteiger partial charge in [0, 0.05) is 12.1 Å². The zero-order chi connectivity index (χ0) is 17.6. The SMILES string of the molecule is CC(C)C[C@@H](C(=O)NCc1ccccc1)N(C(=O)O)C(C)(C)C. The fourth-order valence-electron chi connectivity index (χ4n) is 2.57. The van der Waals surface area contributed by atoms with Crippen LogP contribution < -0.4 is 5.32 Å². The zero-order valence-corrected chi connectivity index (χ0v) is 14.7. The van der Waals surface area contributed by atoms with Crippen LogP contribution in [0.15, 0.2) is 30.3 Å². The molecule has 0 bridgehead atoms. The smallest absolute Gasteiger partial charge is 0.408 e. The normalized spacial score (nSPS) is 12.8. The van der Waals surface area contributed by atoms with Crippen molar-refractivity contribution in [2.75, 3.05) is 0 Å². The van der Waals surface area contributed by atoms with Gasteiger partial charge >= 0.3 is 6.09 Å². The van der Waals surface area contributed by atoms with Crippen LogP contribution in [0.4, 0.5) is 4.79 Å². The molecule has 0 aliphatic heterocycles. The molecule has 5 nitrogen and oxygen atoms in total. The quantitative estimate of drug-likeness (QED) is 0.843. The number of hydrogen-bond donors (Lipinski definition) is 2. The van der Waals surface area contributed by atoms with E-state index in [1.807, 2.05) is 44.2 Å². The number of nitrogens with one attached hydrogen (secondary N) is 1. The highest BCUT2D eigenvalue weighted by atomic mass is 16.4. The Labute approximate surface area is 138 Å². The molecule has 0 fully saturated rings. The van der Waals surface area contributed by atoms with Gasteiger partial charge in [0.2, 0.25) is 5.91 Å². The van der Waals surface area contributed by atoms with Crippen LogP contribution in [0, 0.1) is 5.92 Å². The number of carbonyl (C=O) groups excluding carboxylic acids is 1. The summed E-state index contributed by atoms with van der Waals surface area (Å²) in [6.07, 6.45) is -0.581. The van der Waals surface area contributed by atoms with E-state index >= 15 is 0 Å². The topological polar surface area (TPSA) is 69.6 Å². The lowest BCUT2D eigenvalue weighted by molar-refractivity contribution is -0.128. The molecule has 0 heterocycles. The van der Waals surface area contributed by atoms with Gasteiger partial charge < -0.3 is 10.4 Å². The molecular formula is C18H28N2O3. The minimum absolute atomic E-state index is 0.215. The number of nitrogens with zero attached hydrogens (tertiary/aromatic N) is 1. The number of carbonyl (C=O) groups is 2. The Kier molecular flexibility index (Phi) is 6.61. The van der Waals surface area contributed by atoms with Crippen molar-refractivity contribution >= 4 is 12.0 Å². The monoisotopic (exact) mass is 320 g/mol. The third kappa shape index (κ3) is 5.93. The van der Waals surface area contributed by atoms with E-state index in [0.717, 1.165) is 5.56 Å². The van der Waals surface area contributed by atoms with Gasteiger partial charge in [0.05, 0.1) is 0 Å². The van der Waals surface area contributed by atoms with Crippen LogP contribution in [0.1, 0.15) is 46.6 Å². The maximum Gasteiger partial charge on any atom is 0.408 e. The molecule has 0 radical (unpaired) electrons. The molecule has 0 saturated carbocycles. The summed E-state index contributed by atoms with van der Waals surface area (Å²) in [6.45, 7) is 9.78. The first kappa shape index (κ1) is 19.0. The number of benzene rings is 1. The van der Waals surface area contributed by atoms with E-state index in [2.05, 4.69) is 5.32 Å². The molecule has 1 aromatic rings. The van der Waals surface area contributed by atoms with Crippen molar-refractivity contribution in [1.29, 1.82) is 0 Å². The Hall–Kier alpha value is -2.04. The van der Waals surface area contributed by atoms with Gasteiger partial charge in [-0.25, -0.2) is 4.79 Å². The first-order chi connectivity index (χ1) is 10.6. The second-order valence-corrected chi connectivity index (χ2v) is 7.17. The lowest BCUT2D eigenvalue weighted by Crippen LogP contribution is -2.57. The first-order valence-corrected chi connectivity index (χ1v) is 7.96. The largest absolute Gasteiger partial charge is 0.465 e. The van der Waals surface area contributed by atoms with Crippen LogP contribution in [0.25, 0.3) is 0 Å². The van der Waals surface area contributed by atoms with Gasteiger partial charge in [0.1, 0.15) is 6.04 Å². The number of hydrogen-bond acceptors (Lipinski definition) is 2. The lowest BCUT2D eigenvalue weighted by atomic mass is 9.96. The molecule has 0 unspecified atom stereocenters. The minimum atomic E-state index is -1.07. The molecule has 0 aliphatic rings. The molecule has 2 amide bonds. The fourth-order valence-corrected chi connectivity index (χ4v) is 2.57. The van der Waals surface area contributed by atoms with E-state index in [0.29, 0.717) is 13.0 Å². The number of rotatable bonds is 6.